The van der Waals surface area contributed by atoms with Crippen molar-refractivity contribution in [2.75, 3.05) is 5.32 Å². The second-order valence-corrected chi connectivity index (χ2v) is 4.98. The number of hydrogen-bond donors (Lipinski definition) is 2. The van der Waals surface area contributed by atoms with Gasteiger partial charge in [-0.2, -0.15) is 0 Å². The third kappa shape index (κ3) is 3.03. The molecular formula is C16H19N3O. The Balaban J connectivity index is 2.23. The minimum Gasteiger partial charge on any atom is -0.326 e. The van der Waals surface area contributed by atoms with Gasteiger partial charge in [0.15, 0.2) is 0 Å². The van der Waals surface area contributed by atoms with E-state index >= 15 is 0 Å². The predicted octanol–water partition coefficient (Wildman–Crippen LogP) is 2.72. The van der Waals surface area contributed by atoms with E-state index in [9.17, 15) is 4.79 Å². The summed E-state index contributed by atoms with van der Waals surface area (Å²) in [5, 5.41) is 2.82. The maximum atomic E-state index is 12.3. The molecule has 1 aromatic carbocycles. The van der Waals surface area contributed by atoms with Crippen LogP contribution in [0.5, 0.6) is 0 Å². The molecule has 2 aromatic rings. The largest absolute Gasteiger partial charge is 0.326 e. The molecule has 0 unspecified atom stereocenters. The van der Waals surface area contributed by atoms with Gasteiger partial charge in [0.05, 0.1) is 0 Å². The summed E-state index contributed by atoms with van der Waals surface area (Å²) in [6.45, 7) is 6.35. The second-order valence-electron chi connectivity index (χ2n) is 4.98. The Bertz CT molecular complexity index is 610. The quantitative estimate of drug-likeness (QED) is 0.900. The van der Waals surface area contributed by atoms with Gasteiger partial charge in [0.2, 0.25) is 0 Å². The number of amides is 1. The van der Waals surface area contributed by atoms with Crippen LogP contribution in [-0.4, -0.2) is 10.9 Å². The number of aromatic nitrogens is 1. The van der Waals surface area contributed by atoms with Gasteiger partial charge in [0.1, 0.15) is 5.82 Å². The van der Waals surface area contributed by atoms with Crippen molar-refractivity contribution in [3.05, 3.63) is 58.3 Å². The average molecular weight is 269 g/mol. The fourth-order valence-electron chi connectivity index (χ4n) is 2.34. The average Bonchev–Trinajstić information content (AvgIpc) is 2.38. The number of aryl methyl sites for hydroxylation is 3. The van der Waals surface area contributed by atoms with Crippen molar-refractivity contribution < 1.29 is 4.79 Å². The molecule has 2 rings (SSSR count). The lowest BCUT2D eigenvalue weighted by atomic mass is 9.99. The van der Waals surface area contributed by atoms with Gasteiger partial charge in [0, 0.05) is 18.3 Å². The summed E-state index contributed by atoms with van der Waals surface area (Å²) in [6.07, 6.45) is 1.67. The molecule has 0 aliphatic carbocycles. The van der Waals surface area contributed by atoms with Crippen LogP contribution in [0.3, 0.4) is 0 Å². The van der Waals surface area contributed by atoms with Gasteiger partial charge in [0.25, 0.3) is 5.91 Å². The number of benzene rings is 1. The van der Waals surface area contributed by atoms with E-state index in [-0.39, 0.29) is 5.91 Å². The maximum Gasteiger partial charge on any atom is 0.257 e. The molecule has 4 nitrogen and oxygen atoms in total. The van der Waals surface area contributed by atoms with Gasteiger partial charge in [-0.25, -0.2) is 4.98 Å². The monoisotopic (exact) mass is 269 g/mol. The molecule has 1 aromatic heterocycles. The van der Waals surface area contributed by atoms with E-state index in [2.05, 4.69) is 10.3 Å². The van der Waals surface area contributed by atoms with Crippen LogP contribution in [-0.2, 0) is 6.54 Å². The van der Waals surface area contributed by atoms with Crippen molar-refractivity contribution in [1.82, 2.24) is 4.98 Å². The van der Waals surface area contributed by atoms with Gasteiger partial charge >= 0.3 is 0 Å². The highest BCUT2D eigenvalue weighted by atomic mass is 16.1. The molecule has 0 bridgehead atoms. The van der Waals surface area contributed by atoms with Crippen LogP contribution in [0.2, 0.25) is 0 Å². The summed E-state index contributed by atoms with van der Waals surface area (Å²) in [5.41, 5.74) is 10.3. The summed E-state index contributed by atoms with van der Waals surface area (Å²) in [4.78, 5) is 16.5. The zero-order valence-corrected chi connectivity index (χ0v) is 12.0. The number of pyridine rings is 1. The zero-order valence-electron chi connectivity index (χ0n) is 12.0. The molecule has 0 fully saturated rings. The van der Waals surface area contributed by atoms with Crippen LogP contribution in [0.4, 0.5) is 5.82 Å². The van der Waals surface area contributed by atoms with Crippen molar-refractivity contribution in [2.45, 2.75) is 27.3 Å². The molecule has 20 heavy (non-hydrogen) atoms. The summed E-state index contributed by atoms with van der Waals surface area (Å²) in [6, 6.07) is 7.64. The Morgan fingerprint density at radius 2 is 1.85 bits per heavy atom. The predicted molar refractivity (Wildman–Crippen MR) is 80.7 cm³/mol. The lowest BCUT2D eigenvalue weighted by Gasteiger charge is -2.11. The number of nitrogens with zero attached hydrogens (tertiary/aromatic N) is 1. The van der Waals surface area contributed by atoms with Crippen LogP contribution in [0, 0.1) is 20.8 Å². The van der Waals surface area contributed by atoms with Crippen LogP contribution in [0.15, 0.2) is 30.5 Å². The standard InChI is InChI=1S/C16H19N3O/c1-10-6-11(2)15(12(3)7-10)16(20)19-14-5-4-13(8-17)9-18-14/h4-7,9H,8,17H2,1-3H3,(H,18,19,20). The first-order chi connectivity index (χ1) is 9.51. The van der Waals surface area contributed by atoms with Crippen LogP contribution in [0.1, 0.15) is 32.6 Å². The van der Waals surface area contributed by atoms with Crippen molar-refractivity contribution in [3.8, 4) is 0 Å². The lowest BCUT2D eigenvalue weighted by molar-refractivity contribution is 0.102. The van der Waals surface area contributed by atoms with Gasteiger partial charge < -0.3 is 11.1 Å². The zero-order chi connectivity index (χ0) is 14.7. The number of rotatable bonds is 3. The number of anilines is 1. The van der Waals surface area contributed by atoms with E-state index in [0.29, 0.717) is 17.9 Å². The highest BCUT2D eigenvalue weighted by molar-refractivity contribution is 6.05. The smallest absolute Gasteiger partial charge is 0.257 e. The number of nitrogens with one attached hydrogen (secondary N) is 1. The van der Waals surface area contributed by atoms with Crippen molar-refractivity contribution >= 4 is 11.7 Å². The molecule has 104 valence electrons. The van der Waals surface area contributed by atoms with E-state index in [1.54, 1.807) is 12.3 Å². The Morgan fingerprint density at radius 3 is 2.35 bits per heavy atom. The minimum atomic E-state index is -0.131. The summed E-state index contributed by atoms with van der Waals surface area (Å²) in [5.74, 6) is 0.402. The molecule has 0 radical (unpaired) electrons. The molecule has 3 N–H and O–H groups in total. The Hall–Kier alpha value is -2.20. The van der Waals surface area contributed by atoms with Crippen molar-refractivity contribution in [2.24, 2.45) is 5.73 Å². The SMILES string of the molecule is Cc1cc(C)c(C(=O)Nc2ccc(CN)cn2)c(C)c1. The van der Waals surface area contributed by atoms with Crippen LogP contribution < -0.4 is 11.1 Å². The molecule has 0 saturated heterocycles. The Labute approximate surface area is 119 Å². The van der Waals surface area contributed by atoms with Crippen molar-refractivity contribution in [3.63, 3.8) is 0 Å². The molecule has 0 aliphatic heterocycles. The normalized spacial score (nSPS) is 10.4. The molecule has 0 aliphatic rings. The van der Waals surface area contributed by atoms with E-state index in [1.807, 2.05) is 39.0 Å². The van der Waals surface area contributed by atoms with E-state index in [4.69, 9.17) is 5.73 Å². The number of nitrogens with two attached hydrogens (primary N) is 1. The second kappa shape index (κ2) is 5.84. The molecule has 0 saturated carbocycles. The first-order valence-corrected chi connectivity index (χ1v) is 6.55. The maximum absolute atomic E-state index is 12.3. The summed E-state index contributed by atoms with van der Waals surface area (Å²) < 4.78 is 0. The topological polar surface area (TPSA) is 68.0 Å². The van der Waals surface area contributed by atoms with Crippen molar-refractivity contribution in [1.29, 1.82) is 0 Å². The van der Waals surface area contributed by atoms with Gasteiger partial charge in [-0.05, 0) is 43.5 Å². The first-order valence-electron chi connectivity index (χ1n) is 6.55. The van der Waals surface area contributed by atoms with Crippen LogP contribution in [0.25, 0.3) is 0 Å². The van der Waals surface area contributed by atoms with E-state index in [0.717, 1.165) is 22.3 Å². The number of carbonyl (C=O) groups excluding carboxylic acids is 1. The van der Waals surface area contributed by atoms with Crippen LogP contribution >= 0.6 is 0 Å². The number of carbonyl (C=O) groups is 1. The molecule has 1 amide bonds. The number of hydrogen-bond acceptors (Lipinski definition) is 3. The fraction of sp³-hybridized carbons (Fsp3) is 0.250. The molecule has 0 spiro atoms. The molecular weight excluding hydrogens is 250 g/mol. The Kier molecular flexibility index (Phi) is 4.15. The van der Waals surface area contributed by atoms with E-state index < -0.39 is 0 Å². The van der Waals surface area contributed by atoms with Gasteiger partial charge in [-0.3, -0.25) is 4.79 Å². The highest BCUT2D eigenvalue weighted by Gasteiger charge is 2.13. The Morgan fingerprint density at radius 1 is 1.20 bits per heavy atom. The van der Waals surface area contributed by atoms with Gasteiger partial charge in [-0.15, -0.1) is 0 Å². The summed E-state index contributed by atoms with van der Waals surface area (Å²) >= 11 is 0. The molecule has 0 atom stereocenters. The minimum absolute atomic E-state index is 0.131. The molecule has 4 heteroatoms. The third-order valence-corrected chi connectivity index (χ3v) is 3.21. The lowest BCUT2D eigenvalue weighted by Crippen LogP contribution is -2.16. The van der Waals surface area contributed by atoms with E-state index in [1.165, 1.54) is 0 Å². The molecule has 1 heterocycles. The summed E-state index contributed by atoms with van der Waals surface area (Å²) in [7, 11) is 0. The van der Waals surface area contributed by atoms with Gasteiger partial charge in [-0.1, -0.05) is 23.8 Å². The third-order valence-electron chi connectivity index (χ3n) is 3.21. The first kappa shape index (κ1) is 14.2. The fourth-order valence-corrected chi connectivity index (χ4v) is 2.34. The highest BCUT2D eigenvalue weighted by Crippen LogP contribution is 2.18.